The van der Waals surface area contributed by atoms with Gasteiger partial charge in [0, 0.05) is 17.9 Å². The number of thiazole rings is 1. The Morgan fingerprint density at radius 3 is 2.63 bits per heavy atom. The minimum Gasteiger partial charge on any atom is -0.319 e. The summed E-state index contributed by atoms with van der Waals surface area (Å²) >= 11 is 4.81. The maximum absolute atomic E-state index is 12.9. The van der Waals surface area contributed by atoms with Crippen molar-refractivity contribution in [1.29, 1.82) is 0 Å². The largest absolute Gasteiger partial charge is 0.319 e. The molecule has 9 heteroatoms. The number of sulfone groups is 1. The second kappa shape index (κ2) is 8.04. The lowest BCUT2D eigenvalue weighted by Gasteiger charge is -2.03. The summed E-state index contributed by atoms with van der Waals surface area (Å²) in [5.41, 5.74) is 0.966. The first kappa shape index (κ1) is 19.9. The number of amides is 1. The number of hydrogen-bond donors (Lipinski definition) is 0. The molecule has 0 saturated carbocycles. The van der Waals surface area contributed by atoms with Crippen LogP contribution in [0.4, 0.5) is 4.39 Å². The zero-order valence-corrected chi connectivity index (χ0v) is 17.6. The predicted octanol–water partition coefficient (Wildman–Crippen LogP) is 3.82. The number of nitrogens with zero attached hydrogens (tertiary/aromatic N) is 2. The van der Waals surface area contributed by atoms with Gasteiger partial charge < -0.3 is 4.57 Å². The molecule has 0 radical (unpaired) electrons. The molecular formula is C18H16BrFN2O3S2. The first-order valence-electron chi connectivity index (χ1n) is 8.07. The molecular weight excluding hydrogens is 455 g/mol. The molecule has 1 heterocycles. The van der Waals surface area contributed by atoms with E-state index in [2.05, 4.69) is 20.9 Å². The smallest absolute Gasteiger partial charge is 0.248 e. The highest BCUT2D eigenvalue weighted by Crippen LogP contribution is 2.21. The fraction of sp³-hybridized carbons (Fsp3) is 0.222. The molecule has 2 aromatic carbocycles. The normalized spacial score (nSPS) is 12.6. The van der Waals surface area contributed by atoms with Gasteiger partial charge in [0.25, 0.3) is 0 Å². The lowest BCUT2D eigenvalue weighted by Crippen LogP contribution is -2.14. The summed E-state index contributed by atoms with van der Waals surface area (Å²) in [4.78, 5) is 16.9. The number of carbonyl (C=O) groups excluding carboxylic acids is 1. The van der Waals surface area contributed by atoms with E-state index < -0.39 is 15.7 Å². The van der Waals surface area contributed by atoms with Crippen LogP contribution < -0.4 is 4.80 Å². The molecule has 0 aliphatic carbocycles. The Labute approximate surface area is 168 Å². The third kappa shape index (κ3) is 4.72. The SMILES string of the molecule is Cn1c(=NC(=O)CCCS(=O)(=O)c2ccc(F)cc2)sc2cc(Br)ccc21. The van der Waals surface area contributed by atoms with Crippen molar-refractivity contribution >= 4 is 53.2 Å². The van der Waals surface area contributed by atoms with Gasteiger partial charge >= 0.3 is 0 Å². The first-order chi connectivity index (χ1) is 12.8. The molecule has 142 valence electrons. The van der Waals surface area contributed by atoms with Gasteiger partial charge in [-0.15, -0.1) is 0 Å². The predicted molar refractivity (Wildman–Crippen MR) is 107 cm³/mol. The van der Waals surface area contributed by atoms with Gasteiger partial charge in [-0.1, -0.05) is 27.3 Å². The van der Waals surface area contributed by atoms with Crippen LogP contribution in [0.3, 0.4) is 0 Å². The van der Waals surface area contributed by atoms with Gasteiger partial charge in [0.15, 0.2) is 14.6 Å². The van der Waals surface area contributed by atoms with Crippen molar-refractivity contribution in [2.75, 3.05) is 5.75 Å². The number of rotatable bonds is 5. The molecule has 3 aromatic rings. The summed E-state index contributed by atoms with van der Waals surface area (Å²) in [6.07, 6.45) is 0.181. The highest BCUT2D eigenvalue weighted by Gasteiger charge is 2.15. The van der Waals surface area contributed by atoms with E-state index in [4.69, 9.17) is 0 Å². The average molecular weight is 471 g/mol. The molecule has 0 fully saturated rings. The van der Waals surface area contributed by atoms with Gasteiger partial charge in [-0.3, -0.25) is 4.79 Å². The van der Waals surface area contributed by atoms with Crippen LogP contribution in [0, 0.1) is 5.82 Å². The highest BCUT2D eigenvalue weighted by atomic mass is 79.9. The summed E-state index contributed by atoms with van der Waals surface area (Å²) in [5.74, 6) is -1.05. The second-order valence-corrected chi connectivity index (χ2v) is 9.97. The van der Waals surface area contributed by atoms with Crippen molar-refractivity contribution in [3.05, 3.63) is 57.6 Å². The summed E-state index contributed by atoms with van der Waals surface area (Å²) in [6.45, 7) is 0. The number of aromatic nitrogens is 1. The van der Waals surface area contributed by atoms with Crippen molar-refractivity contribution in [2.24, 2.45) is 12.0 Å². The summed E-state index contributed by atoms with van der Waals surface area (Å²) in [7, 11) is -1.72. The van der Waals surface area contributed by atoms with Gasteiger partial charge in [-0.25, -0.2) is 12.8 Å². The molecule has 0 aliphatic heterocycles. The van der Waals surface area contributed by atoms with Crippen LogP contribution in [0.2, 0.25) is 0 Å². The zero-order valence-electron chi connectivity index (χ0n) is 14.4. The lowest BCUT2D eigenvalue weighted by atomic mass is 10.3. The lowest BCUT2D eigenvalue weighted by molar-refractivity contribution is -0.118. The number of aryl methyl sites for hydroxylation is 1. The van der Waals surface area contributed by atoms with Gasteiger partial charge in [0.2, 0.25) is 5.91 Å². The number of hydrogen-bond acceptors (Lipinski definition) is 4. The van der Waals surface area contributed by atoms with Crippen LogP contribution in [0.15, 0.2) is 56.8 Å². The van der Waals surface area contributed by atoms with E-state index in [0.29, 0.717) is 4.80 Å². The molecule has 0 aliphatic rings. The Hall–Kier alpha value is -1.84. The van der Waals surface area contributed by atoms with Crippen LogP contribution in [-0.2, 0) is 21.7 Å². The maximum atomic E-state index is 12.9. The monoisotopic (exact) mass is 470 g/mol. The molecule has 0 N–H and O–H groups in total. The van der Waals surface area contributed by atoms with E-state index >= 15 is 0 Å². The minimum atomic E-state index is -3.55. The van der Waals surface area contributed by atoms with Crippen LogP contribution in [0.5, 0.6) is 0 Å². The summed E-state index contributed by atoms with van der Waals surface area (Å²) in [5, 5.41) is 0. The molecule has 0 unspecified atom stereocenters. The van der Waals surface area contributed by atoms with E-state index in [0.717, 1.165) is 26.8 Å². The van der Waals surface area contributed by atoms with E-state index in [-0.39, 0.29) is 29.4 Å². The highest BCUT2D eigenvalue weighted by molar-refractivity contribution is 9.10. The fourth-order valence-corrected chi connectivity index (χ4v) is 5.45. The van der Waals surface area contributed by atoms with Gasteiger partial charge in [0.1, 0.15) is 5.82 Å². The Morgan fingerprint density at radius 1 is 1.22 bits per heavy atom. The molecule has 1 amide bonds. The molecule has 3 rings (SSSR count). The minimum absolute atomic E-state index is 0.0262. The van der Waals surface area contributed by atoms with Crippen molar-refractivity contribution in [3.63, 3.8) is 0 Å². The molecule has 27 heavy (non-hydrogen) atoms. The van der Waals surface area contributed by atoms with Crippen molar-refractivity contribution in [2.45, 2.75) is 17.7 Å². The van der Waals surface area contributed by atoms with Crippen molar-refractivity contribution < 1.29 is 17.6 Å². The zero-order chi connectivity index (χ0) is 19.6. The average Bonchev–Trinajstić information content (AvgIpc) is 2.90. The van der Waals surface area contributed by atoms with Gasteiger partial charge in [-0.2, -0.15) is 4.99 Å². The Morgan fingerprint density at radius 2 is 1.93 bits per heavy atom. The fourth-order valence-electron chi connectivity index (χ4n) is 2.55. The molecule has 0 saturated heterocycles. The Balaban J connectivity index is 1.69. The van der Waals surface area contributed by atoms with Crippen LogP contribution >= 0.6 is 27.3 Å². The van der Waals surface area contributed by atoms with Gasteiger partial charge in [-0.05, 0) is 48.9 Å². The van der Waals surface area contributed by atoms with E-state index in [1.54, 1.807) is 0 Å². The molecule has 0 bridgehead atoms. The standard InChI is InChI=1S/C18H16BrFN2O3S2/c1-22-15-9-4-12(19)11-16(15)26-18(22)21-17(23)3-2-10-27(24,25)14-7-5-13(20)6-8-14/h4-9,11H,2-3,10H2,1H3. The third-order valence-electron chi connectivity index (χ3n) is 3.97. The molecule has 0 atom stereocenters. The number of halogens is 2. The molecule has 1 aromatic heterocycles. The molecule has 5 nitrogen and oxygen atoms in total. The van der Waals surface area contributed by atoms with Crippen molar-refractivity contribution in [3.8, 4) is 0 Å². The van der Waals surface area contributed by atoms with Gasteiger partial charge in [0.05, 0.1) is 20.9 Å². The Bertz CT molecular complexity index is 1170. The third-order valence-corrected chi connectivity index (χ3v) is 7.37. The van der Waals surface area contributed by atoms with E-state index in [1.165, 1.54) is 23.5 Å². The van der Waals surface area contributed by atoms with Crippen LogP contribution in [-0.4, -0.2) is 24.6 Å². The van der Waals surface area contributed by atoms with E-state index in [1.807, 2.05) is 29.8 Å². The summed E-state index contributed by atoms with van der Waals surface area (Å²) < 4.78 is 41.1. The number of benzene rings is 2. The maximum Gasteiger partial charge on any atom is 0.248 e. The van der Waals surface area contributed by atoms with Crippen LogP contribution in [0.25, 0.3) is 10.2 Å². The number of carbonyl (C=O) groups is 1. The summed E-state index contributed by atoms with van der Waals surface area (Å²) in [6, 6.07) is 10.5. The van der Waals surface area contributed by atoms with E-state index in [9.17, 15) is 17.6 Å². The second-order valence-electron chi connectivity index (χ2n) is 5.94. The molecule has 0 spiro atoms. The quantitative estimate of drug-likeness (QED) is 0.532. The van der Waals surface area contributed by atoms with Crippen LogP contribution in [0.1, 0.15) is 12.8 Å². The first-order valence-corrected chi connectivity index (χ1v) is 11.3. The van der Waals surface area contributed by atoms with Crippen molar-refractivity contribution in [1.82, 2.24) is 4.57 Å². The topological polar surface area (TPSA) is 68.5 Å². The Kier molecular flexibility index (Phi) is 5.92. The number of fused-ring (bicyclic) bond motifs is 1.